The fourth-order valence-electron chi connectivity index (χ4n) is 1.67. The summed E-state index contributed by atoms with van der Waals surface area (Å²) in [5, 5.41) is 11.8. The van der Waals surface area contributed by atoms with E-state index >= 15 is 0 Å². The highest BCUT2D eigenvalue weighted by Crippen LogP contribution is 2.20. The minimum Gasteiger partial charge on any atom is -0.496 e. The summed E-state index contributed by atoms with van der Waals surface area (Å²) in [6.07, 6.45) is 0.00403. The normalized spacial score (nSPS) is 13.2. The van der Waals surface area contributed by atoms with Crippen LogP contribution < -0.4 is 10.5 Å². The molecule has 0 saturated heterocycles. The molecule has 0 bridgehead atoms. The van der Waals surface area contributed by atoms with Gasteiger partial charge in [-0.3, -0.25) is 0 Å². The van der Waals surface area contributed by atoms with Crippen LogP contribution in [0.5, 0.6) is 5.75 Å². The first-order chi connectivity index (χ1) is 9.62. The van der Waals surface area contributed by atoms with Crippen LogP contribution in [-0.2, 0) is 16.1 Å². The van der Waals surface area contributed by atoms with E-state index in [1.54, 1.807) is 12.1 Å². The number of nitrogens with zero attached hydrogens (tertiary/aromatic N) is 1. The molecule has 0 aliphatic heterocycles. The lowest BCUT2D eigenvalue weighted by molar-refractivity contribution is -0.0116. The van der Waals surface area contributed by atoms with Gasteiger partial charge >= 0.3 is 0 Å². The summed E-state index contributed by atoms with van der Waals surface area (Å²) in [6, 6.07) is 5.42. The first-order valence-corrected chi connectivity index (χ1v) is 6.46. The quantitative estimate of drug-likeness (QED) is 0.328. The van der Waals surface area contributed by atoms with Crippen LogP contribution in [0.25, 0.3) is 0 Å². The minimum absolute atomic E-state index is 0.00403. The van der Waals surface area contributed by atoms with Gasteiger partial charge in [0.2, 0.25) is 0 Å². The zero-order valence-electron chi connectivity index (χ0n) is 12.1. The molecular weight excluding hydrogens is 260 g/mol. The third kappa shape index (κ3) is 4.71. The van der Waals surface area contributed by atoms with E-state index in [1.807, 2.05) is 19.9 Å². The lowest BCUT2D eigenvalue weighted by atomic mass is 10.1. The molecule has 0 saturated carbocycles. The lowest BCUT2D eigenvalue weighted by Gasteiger charge is -2.14. The topological polar surface area (TPSA) is 86.3 Å². The zero-order chi connectivity index (χ0) is 15.0. The Morgan fingerprint density at radius 3 is 2.80 bits per heavy atom. The highest BCUT2D eigenvalue weighted by molar-refractivity contribution is 5.99. The average molecular weight is 282 g/mol. The molecule has 0 heterocycles. The molecule has 0 aromatic heterocycles. The van der Waals surface area contributed by atoms with E-state index < -0.39 is 0 Å². The third-order valence-corrected chi connectivity index (χ3v) is 2.74. The molecule has 1 unspecified atom stereocenters. The standard InChI is InChI=1S/C14H22N2O4/c1-4-19-8-10(2)20-9-11-5-6-13(18-3)12(7-11)14(15)16-17/h5-7,10,17H,4,8-9H2,1-3H3,(H2,15,16). The monoisotopic (exact) mass is 282 g/mol. The highest BCUT2D eigenvalue weighted by Gasteiger charge is 2.10. The molecule has 1 aromatic rings. The summed E-state index contributed by atoms with van der Waals surface area (Å²) in [4.78, 5) is 0. The lowest BCUT2D eigenvalue weighted by Crippen LogP contribution is -2.17. The van der Waals surface area contributed by atoms with Crippen molar-refractivity contribution in [2.75, 3.05) is 20.3 Å². The molecule has 0 fully saturated rings. The maximum Gasteiger partial charge on any atom is 0.173 e. The molecule has 20 heavy (non-hydrogen) atoms. The van der Waals surface area contributed by atoms with Crippen molar-refractivity contribution >= 4 is 5.84 Å². The van der Waals surface area contributed by atoms with Crippen LogP contribution in [0.1, 0.15) is 25.0 Å². The molecule has 0 radical (unpaired) electrons. The van der Waals surface area contributed by atoms with E-state index in [2.05, 4.69) is 5.16 Å². The Kier molecular flexibility index (Phi) is 6.83. The number of rotatable bonds is 8. The number of amidine groups is 1. The largest absolute Gasteiger partial charge is 0.496 e. The van der Waals surface area contributed by atoms with E-state index in [0.29, 0.717) is 31.1 Å². The number of benzene rings is 1. The molecule has 0 spiro atoms. The van der Waals surface area contributed by atoms with Crippen LogP contribution in [0, 0.1) is 0 Å². The molecule has 0 aliphatic carbocycles. The summed E-state index contributed by atoms with van der Waals surface area (Å²) in [5.74, 6) is 0.553. The first kappa shape index (κ1) is 16.3. The Morgan fingerprint density at radius 1 is 1.45 bits per heavy atom. The van der Waals surface area contributed by atoms with E-state index in [9.17, 15) is 0 Å². The zero-order valence-corrected chi connectivity index (χ0v) is 12.1. The van der Waals surface area contributed by atoms with Gasteiger partial charge in [0.25, 0.3) is 0 Å². The highest BCUT2D eigenvalue weighted by atomic mass is 16.5. The number of methoxy groups -OCH3 is 1. The Labute approximate surface area is 119 Å². The van der Waals surface area contributed by atoms with Gasteiger partial charge in [0.15, 0.2) is 5.84 Å². The van der Waals surface area contributed by atoms with Crippen LogP contribution in [0.4, 0.5) is 0 Å². The fourth-order valence-corrected chi connectivity index (χ4v) is 1.67. The van der Waals surface area contributed by atoms with Gasteiger partial charge in [0.05, 0.1) is 32.0 Å². The van der Waals surface area contributed by atoms with Gasteiger partial charge in [-0.15, -0.1) is 0 Å². The van der Waals surface area contributed by atoms with Crippen molar-refractivity contribution in [1.29, 1.82) is 0 Å². The number of nitrogens with two attached hydrogens (primary N) is 1. The molecule has 1 atom stereocenters. The maximum atomic E-state index is 8.77. The SMILES string of the molecule is CCOCC(C)OCc1ccc(OC)c(/C(N)=N/O)c1. The minimum atomic E-state index is 0.00403. The van der Waals surface area contributed by atoms with Gasteiger partial charge in [0, 0.05) is 6.61 Å². The summed E-state index contributed by atoms with van der Waals surface area (Å²) in [7, 11) is 1.53. The molecule has 0 amide bonds. The Morgan fingerprint density at radius 2 is 2.20 bits per heavy atom. The summed E-state index contributed by atoms with van der Waals surface area (Å²) < 4.78 is 16.1. The first-order valence-electron chi connectivity index (χ1n) is 6.46. The van der Waals surface area contributed by atoms with Crippen molar-refractivity contribution < 1.29 is 19.4 Å². The van der Waals surface area contributed by atoms with E-state index in [0.717, 1.165) is 5.56 Å². The van der Waals surface area contributed by atoms with Crippen molar-refractivity contribution in [2.45, 2.75) is 26.6 Å². The van der Waals surface area contributed by atoms with Gasteiger partial charge < -0.3 is 25.2 Å². The molecule has 1 aromatic carbocycles. The Bertz CT molecular complexity index is 449. The second-order valence-electron chi connectivity index (χ2n) is 4.30. The van der Waals surface area contributed by atoms with Crippen LogP contribution >= 0.6 is 0 Å². The molecule has 0 aliphatic rings. The molecule has 3 N–H and O–H groups in total. The van der Waals surface area contributed by atoms with Crippen molar-refractivity contribution in [3.8, 4) is 5.75 Å². The van der Waals surface area contributed by atoms with Crippen molar-refractivity contribution in [3.63, 3.8) is 0 Å². The fraction of sp³-hybridized carbons (Fsp3) is 0.500. The number of ether oxygens (including phenoxy) is 3. The van der Waals surface area contributed by atoms with E-state index in [4.69, 9.17) is 25.2 Å². The van der Waals surface area contributed by atoms with Crippen molar-refractivity contribution in [2.24, 2.45) is 10.9 Å². The number of oxime groups is 1. The molecular formula is C14H22N2O4. The van der Waals surface area contributed by atoms with E-state index in [1.165, 1.54) is 7.11 Å². The smallest absolute Gasteiger partial charge is 0.173 e. The Balaban J connectivity index is 2.72. The van der Waals surface area contributed by atoms with Crippen molar-refractivity contribution in [3.05, 3.63) is 29.3 Å². The van der Waals surface area contributed by atoms with Gasteiger partial charge in [-0.05, 0) is 31.5 Å². The molecule has 1 rings (SSSR count). The van der Waals surface area contributed by atoms with Gasteiger partial charge in [-0.1, -0.05) is 11.2 Å². The second-order valence-corrected chi connectivity index (χ2v) is 4.30. The third-order valence-electron chi connectivity index (χ3n) is 2.74. The molecule has 6 heteroatoms. The summed E-state index contributed by atoms with van der Waals surface area (Å²) >= 11 is 0. The Hall–Kier alpha value is -1.79. The maximum absolute atomic E-state index is 8.77. The van der Waals surface area contributed by atoms with Crippen LogP contribution in [0.2, 0.25) is 0 Å². The number of hydrogen-bond donors (Lipinski definition) is 2. The summed E-state index contributed by atoms with van der Waals surface area (Å²) in [5.41, 5.74) is 7.07. The van der Waals surface area contributed by atoms with E-state index in [-0.39, 0.29) is 11.9 Å². The van der Waals surface area contributed by atoms with Crippen LogP contribution in [0.3, 0.4) is 0 Å². The van der Waals surface area contributed by atoms with Gasteiger partial charge in [-0.25, -0.2) is 0 Å². The predicted molar refractivity (Wildman–Crippen MR) is 76.2 cm³/mol. The average Bonchev–Trinajstić information content (AvgIpc) is 2.49. The van der Waals surface area contributed by atoms with Gasteiger partial charge in [-0.2, -0.15) is 0 Å². The van der Waals surface area contributed by atoms with Crippen LogP contribution in [-0.4, -0.2) is 37.5 Å². The molecule has 112 valence electrons. The van der Waals surface area contributed by atoms with Crippen molar-refractivity contribution in [1.82, 2.24) is 0 Å². The predicted octanol–water partition coefficient (Wildman–Crippen LogP) is 1.73. The summed E-state index contributed by atoms with van der Waals surface area (Å²) in [6.45, 7) is 5.54. The van der Waals surface area contributed by atoms with Gasteiger partial charge in [0.1, 0.15) is 5.75 Å². The van der Waals surface area contributed by atoms with Crippen LogP contribution in [0.15, 0.2) is 23.4 Å². The molecule has 6 nitrogen and oxygen atoms in total. The number of hydrogen-bond acceptors (Lipinski definition) is 5. The second kappa shape index (κ2) is 8.39.